The van der Waals surface area contributed by atoms with Crippen molar-refractivity contribution in [2.45, 2.75) is 25.7 Å². The Labute approximate surface area is 104 Å². The van der Waals surface area contributed by atoms with Gasteiger partial charge in [0.05, 0.1) is 16.6 Å². The number of aromatic nitrogens is 3. The van der Waals surface area contributed by atoms with Gasteiger partial charge >= 0.3 is 0 Å². The Hall–Kier alpha value is -1.95. The van der Waals surface area contributed by atoms with Crippen LogP contribution in [0.4, 0.5) is 0 Å². The van der Waals surface area contributed by atoms with E-state index in [0.29, 0.717) is 11.5 Å². The number of nitrogens with two attached hydrogens (primary N) is 1. The number of hydrogen-bond donors (Lipinski definition) is 2. The Morgan fingerprint density at radius 2 is 2.28 bits per heavy atom. The minimum Gasteiger partial charge on any atom is -0.290 e. The van der Waals surface area contributed by atoms with E-state index in [9.17, 15) is 4.79 Å². The van der Waals surface area contributed by atoms with E-state index in [2.05, 4.69) is 15.5 Å². The number of hydrogen-bond acceptors (Lipinski definition) is 4. The van der Waals surface area contributed by atoms with Crippen molar-refractivity contribution in [2.75, 3.05) is 0 Å². The number of carbonyl (C=O) groups excluding carboxylic acids is 1. The molecule has 1 amide bonds. The third-order valence-electron chi connectivity index (χ3n) is 3.36. The Bertz CT molecular complexity index is 641. The Kier molecular flexibility index (Phi) is 2.34. The summed E-state index contributed by atoms with van der Waals surface area (Å²) in [6.45, 7) is 1.87. The lowest BCUT2D eigenvalue weighted by Crippen LogP contribution is -2.30. The lowest BCUT2D eigenvalue weighted by Gasteiger charge is -2.06. The number of pyridine rings is 1. The molecule has 0 spiro atoms. The highest BCUT2D eigenvalue weighted by molar-refractivity contribution is 6.06. The number of nitrogens with one attached hydrogen (secondary N) is 1. The van der Waals surface area contributed by atoms with Crippen molar-refractivity contribution in [3.8, 4) is 0 Å². The zero-order chi connectivity index (χ0) is 12.9. The number of nitrogens with zero attached hydrogens (tertiary/aromatic N) is 3. The van der Waals surface area contributed by atoms with Gasteiger partial charge in [0.1, 0.15) is 0 Å². The van der Waals surface area contributed by atoms with Crippen LogP contribution in [0.15, 0.2) is 6.07 Å². The first-order valence-electron chi connectivity index (χ1n) is 5.97. The molecular formula is C12H15N5O. The van der Waals surface area contributed by atoms with Crippen molar-refractivity contribution < 1.29 is 4.79 Å². The van der Waals surface area contributed by atoms with Gasteiger partial charge in [-0.2, -0.15) is 5.10 Å². The van der Waals surface area contributed by atoms with Gasteiger partial charge in [0, 0.05) is 18.7 Å². The Morgan fingerprint density at radius 1 is 1.56 bits per heavy atom. The van der Waals surface area contributed by atoms with E-state index in [1.165, 1.54) is 0 Å². The summed E-state index contributed by atoms with van der Waals surface area (Å²) in [6, 6.07) is 1.84. The SMILES string of the molecule is Cc1nn(C)c2nc(C3CC3)cc(C(=O)NN)c12. The molecule has 3 rings (SSSR count). The highest BCUT2D eigenvalue weighted by Gasteiger charge is 2.28. The molecule has 0 radical (unpaired) electrons. The molecule has 6 nitrogen and oxygen atoms in total. The van der Waals surface area contributed by atoms with Crippen LogP contribution in [0.25, 0.3) is 11.0 Å². The van der Waals surface area contributed by atoms with Gasteiger partial charge in [0.2, 0.25) is 0 Å². The first-order chi connectivity index (χ1) is 8.61. The average molecular weight is 245 g/mol. The fourth-order valence-electron chi connectivity index (χ4n) is 2.31. The number of fused-ring (bicyclic) bond motifs is 1. The molecule has 94 valence electrons. The summed E-state index contributed by atoms with van der Waals surface area (Å²) in [5.41, 5.74) is 5.26. The lowest BCUT2D eigenvalue weighted by molar-refractivity contribution is 0.0955. The second kappa shape index (κ2) is 3.78. The molecule has 1 aliphatic carbocycles. The zero-order valence-electron chi connectivity index (χ0n) is 10.4. The maximum Gasteiger partial charge on any atom is 0.266 e. The van der Waals surface area contributed by atoms with E-state index < -0.39 is 0 Å². The highest BCUT2D eigenvalue weighted by Crippen LogP contribution is 2.40. The van der Waals surface area contributed by atoms with Crippen molar-refractivity contribution in [2.24, 2.45) is 12.9 Å². The molecule has 0 saturated heterocycles. The molecular weight excluding hydrogens is 230 g/mol. The number of amides is 1. The van der Waals surface area contributed by atoms with E-state index in [1.54, 1.807) is 4.68 Å². The molecule has 0 aliphatic heterocycles. The van der Waals surface area contributed by atoms with Gasteiger partial charge in [0.15, 0.2) is 5.65 Å². The lowest BCUT2D eigenvalue weighted by atomic mass is 10.1. The first-order valence-corrected chi connectivity index (χ1v) is 5.97. The molecule has 2 aromatic rings. The molecule has 1 saturated carbocycles. The van der Waals surface area contributed by atoms with Crippen molar-refractivity contribution in [3.05, 3.63) is 23.0 Å². The van der Waals surface area contributed by atoms with Crippen molar-refractivity contribution in [1.82, 2.24) is 20.2 Å². The molecule has 2 heterocycles. The van der Waals surface area contributed by atoms with Gasteiger partial charge in [-0.05, 0) is 25.8 Å². The number of rotatable bonds is 2. The predicted molar refractivity (Wildman–Crippen MR) is 66.9 cm³/mol. The van der Waals surface area contributed by atoms with Crippen LogP contribution in [0.3, 0.4) is 0 Å². The van der Waals surface area contributed by atoms with Crippen molar-refractivity contribution in [1.29, 1.82) is 0 Å². The standard InChI is InChI=1S/C12H15N5O/c1-6-10-8(12(18)15-13)5-9(7-3-4-7)14-11(10)17(2)16-6/h5,7H,3-4,13H2,1-2H3,(H,15,18). The summed E-state index contributed by atoms with van der Waals surface area (Å²) < 4.78 is 1.71. The molecule has 6 heteroatoms. The number of carbonyl (C=O) groups is 1. The van der Waals surface area contributed by atoms with Crippen LogP contribution in [-0.4, -0.2) is 20.7 Å². The van der Waals surface area contributed by atoms with Crippen LogP contribution in [0.1, 0.15) is 40.5 Å². The minimum absolute atomic E-state index is 0.291. The summed E-state index contributed by atoms with van der Waals surface area (Å²) in [7, 11) is 1.84. The number of aryl methyl sites for hydroxylation is 2. The Balaban J connectivity index is 2.32. The van der Waals surface area contributed by atoms with E-state index in [0.717, 1.165) is 35.3 Å². The van der Waals surface area contributed by atoms with Gasteiger partial charge in [-0.1, -0.05) is 0 Å². The molecule has 3 N–H and O–H groups in total. The summed E-state index contributed by atoms with van der Waals surface area (Å²) in [4.78, 5) is 16.5. The molecule has 0 unspecified atom stereocenters. The van der Waals surface area contributed by atoms with Gasteiger partial charge in [0.25, 0.3) is 5.91 Å². The molecule has 0 atom stereocenters. The van der Waals surface area contributed by atoms with Crippen molar-refractivity contribution >= 4 is 16.9 Å². The van der Waals surface area contributed by atoms with E-state index in [1.807, 2.05) is 20.0 Å². The van der Waals surface area contributed by atoms with E-state index in [-0.39, 0.29) is 5.91 Å². The molecule has 0 bridgehead atoms. The fraction of sp³-hybridized carbons (Fsp3) is 0.417. The summed E-state index contributed by atoms with van der Waals surface area (Å²) in [6.07, 6.45) is 2.28. The third kappa shape index (κ3) is 1.57. The normalized spacial score (nSPS) is 15.1. The highest BCUT2D eigenvalue weighted by atomic mass is 16.2. The van der Waals surface area contributed by atoms with Crippen LogP contribution in [0.2, 0.25) is 0 Å². The van der Waals surface area contributed by atoms with E-state index in [4.69, 9.17) is 5.84 Å². The maximum atomic E-state index is 11.9. The van der Waals surface area contributed by atoms with Gasteiger partial charge in [-0.3, -0.25) is 14.9 Å². The first kappa shape index (κ1) is 11.2. The number of hydrazine groups is 1. The topological polar surface area (TPSA) is 85.8 Å². The fourth-order valence-corrected chi connectivity index (χ4v) is 2.31. The van der Waals surface area contributed by atoms with Crippen LogP contribution < -0.4 is 11.3 Å². The monoisotopic (exact) mass is 245 g/mol. The van der Waals surface area contributed by atoms with Crippen LogP contribution in [0, 0.1) is 6.92 Å². The quantitative estimate of drug-likeness (QED) is 0.464. The molecule has 18 heavy (non-hydrogen) atoms. The second-order valence-corrected chi connectivity index (χ2v) is 4.75. The third-order valence-corrected chi connectivity index (χ3v) is 3.36. The molecule has 2 aromatic heterocycles. The predicted octanol–water partition coefficient (Wildman–Crippen LogP) is 0.758. The average Bonchev–Trinajstić information content (AvgIpc) is 3.16. The van der Waals surface area contributed by atoms with E-state index >= 15 is 0 Å². The maximum absolute atomic E-state index is 11.9. The number of nitrogen functional groups attached to an aromatic ring is 1. The molecule has 1 fully saturated rings. The van der Waals surface area contributed by atoms with Gasteiger partial charge in [-0.15, -0.1) is 0 Å². The van der Waals surface area contributed by atoms with Gasteiger partial charge < -0.3 is 0 Å². The van der Waals surface area contributed by atoms with Crippen LogP contribution in [0.5, 0.6) is 0 Å². The summed E-state index contributed by atoms with van der Waals surface area (Å²) in [5.74, 6) is 5.44. The van der Waals surface area contributed by atoms with Crippen molar-refractivity contribution in [3.63, 3.8) is 0 Å². The summed E-state index contributed by atoms with van der Waals surface area (Å²) in [5, 5.41) is 5.10. The largest absolute Gasteiger partial charge is 0.290 e. The smallest absolute Gasteiger partial charge is 0.266 e. The second-order valence-electron chi connectivity index (χ2n) is 4.75. The molecule has 0 aromatic carbocycles. The minimum atomic E-state index is -0.291. The van der Waals surface area contributed by atoms with Crippen LogP contribution in [-0.2, 0) is 7.05 Å². The van der Waals surface area contributed by atoms with Gasteiger partial charge in [-0.25, -0.2) is 10.8 Å². The molecule has 1 aliphatic rings. The van der Waals surface area contributed by atoms with Crippen LogP contribution >= 0.6 is 0 Å². The Morgan fingerprint density at radius 3 is 2.89 bits per heavy atom. The summed E-state index contributed by atoms with van der Waals surface area (Å²) >= 11 is 0. The zero-order valence-corrected chi connectivity index (χ0v) is 10.4.